The maximum absolute atomic E-state index is 6.41. The molecular formula is C21H28ClN3OS. The van der Waals surface area contributed by atoms with Gasteiger partial charge in [0.15, 0.2) is 5.11 Å². The maximum atomic E-state index is 6.41. The highest BCUT2D eigenvalue weighted by molar-refractivity contribution is 7.80. The average Bonchev–Trinajstić information content (AvgIpc) is 2.68. The van der Waals surface area contributed by atoms with Crippen molar-refractivity contribution in [2.24, 2.45) is 11.7 Å². The molecule has 0 spiro atoms. The predicted octanol–water partition coefficient (Wildman–Crippen LogP) is 4.92. The molecule has 6 heteroatoms. The standard InChI is InChI=1S/C21H28ClN3OS/c1-4-15(2)20(23)14-25(13-16-7-5-6-8-19(16)22)21(27)24-17-9-11-18(26-3)12-10-17/h5-12,15,20H,4,13-14,23H2,1-3H3,(H,24,27). The Balaban J connectivity index is 2.16. The van der Waals surface area contributed by atoms with Gasteiger partial charge in [-0.1, -0.05) is 50.1 Å². The fourth-order valence-electron chi connectivity index (χ4n) is 2.67. The molecule has 2 atom stereocenters. The topological polar surface area (TPSA) is 50.5 Å². The van der Waals surface area contributed by atoms with E-state index in [9.17, 15) is 0 Å². The molecule has 0 radical (unpaired) electrons. The van der Waals surface area contributed by atoms with Crippen LogP contribution in [0.5, 0.6) is 5.75 Å². The van der Waals surface area contributed by atoms with Crippen molar-refractivity contribution in [2.75, 3.05) is 19.0 Å². The number of nitrogens with two attached hydrogens (primary N) is 1. The van der Waals surface area contributed by atoms with Crippen LogP contribution < -0.4 is 15.8 Å². The molecule has 3 N–H and O–H groups in total. The highest BCUT2D eigenvalue weighted by atomic mass is 35.5. The summed E-state index contributed by atoms with van der Waals surface area (Å²) in [6.45, 7) is 5.57. The molecule has 0 aliphatic heterocycles. The summed E-state index contributed by atoms with van der Waals surface area (Å²) in [4.78, 5) is 2.08. The fourth-order valence-corrected chi connectivity index (χ4v) is 3.12. The molecule has 0 heterocycles. The number of nitrogens with zero attached hydrogens (tertiary/aromatic N) is 1. The van der Waals surface area contributed by atoms with Gasteiger partial charge >= 0.3 is 0 Å². The molecule has 0 aliphatic rings. The monoisotopic (exact) mass is 405 g/mol. The second kappa shape index (κ2) is 10.5. The summed E-state index contributed by atoms with van der Waals surface area (Å²) < 4.78 is 5.20. The van der Waals surface area contributed by atoms with Gasteiger partial charge in [0.1, 0.15) is 5.75 Å². The lowest BCUT2D eigenvalue weighted by Crippen LogP contribution is -2.45. The van der Waals surface area contributed by atoms with Crippen LogP contribution in [0.3, 0.4) is 0 Å². The second-order valence-electron chi connectivity index (χ2n) is 6.68. The number of anilines is 1. The van der Waals surface area contributed by atoms with E-state index < -0.39 is 0 Å². The van der Waals surface area contributed by atoms with Crippen LogP contribution in [0.2, 0.25) is 5.02 Å². The third-order valence-electron chi connectivity index (χ3n) is 4.75. The van der Waals surface area contributed by atoms with Crippen molar-refractivity contribution in [3.05, 3.63) is 59.1 Å². The van der Waals surface area contributed by atoms with E-state index in [1.165, 1.54) is 0 Å². The van der Waals surface area contributed by atoms with Crippen LogP contribution in [0, 0.1) is 5.92 Å². The predicted molar refractivity (Wildman–Crippen MR) is 119 cm³/mol. The second-order valence-corrected chi connectivity index (χ2v) is 7.47. The molecule has 146 valence electrons. The molecule has 27 heavy (non-hydrogen) atoms. The Morgan fingerprint density at radius 3 is 2.48 bits per heavy atom. The minimum atomic E-state index is 0.0214. The molecule has 2 unspecified atom stereocenters. The lowest BCUT2D eigenvalue weighted by Gasteiger charge is -2.31. The van der Waals surface area contributed by atoms with E-state index in [-0.39, 0.29) is 6.04 Å². The van der Waals surface area contributed by atoms with E-state index in [2.05, 4.69) is 24.1 Å². The first-order valence-electron chi connectivity index (χ1n) is 9.13. The summed E-state index contributed by atoms with van der Waals surface area (Å²) in [5, 5.41) is 4.65. The molecule has 0 bridgehead atoms. The smallest absolute Gasteiger partial charge is 0.173 e. The fraction of sp³-hybridized carbons (Fsp3) is 0.381. The summed E-state index contributed by atoms with van der Waals surface area (Å²) in [7, 11) is 1.65. The molecule has 0 saturated heterocycles. The van der Waals surface area contributed by atoms with Gasteiger partial charge in [-0.15, -0.1) is 0 Å². The summed E-state index contributed by atoms with van der Waals surface area (Å²) in [6, 6.07) is 15.5. The van der Waals surface area contributed by atoms with Gasteiger partial charge in [0.2, 0.25) is 0 Å². The number of benzene rings is 2. The van der Waals surface area contributed by atoms with Gasteiger partial charge in [-0.05, 0) is 54.0 Å². The number of ether oxygens (including phenoxy) is 1. The van der Waals surface area contributed by atoms with Crippen LogP contribution in [0.15, 0.2) is 48.5 Å². The van der Waals surface area contributed by atoms with Crippen molar-refractivity contribution in [2.45, 2.75) is 32.9 Å². The Hall–Kier alpha value is -1.82. The highest BCUT2D eigenvalue weighted by Gasteiger charge is 2.19. The van der Waals surface area contributed by atoms with Crippen molar-refractivity contribution in [3.8, 4) is 5.75 Å². The molecule has 2 rings (SSSR count). The maximum Gasteiger partial charge on any atom is 0.173 e. The lowest BCUT2D eigenvalue weighted by atomic mass is 9.99. The Morgan fingerprint density at radius 2 is 1.89 bits per heavy atom. The van der Waals surface area contributed by atoms with Crippen molar-refractivity contribution < 1.29 is 4.74 Å². The van der Waals surface area contributed by atoms with Gasteiger partial charge in [0.05, 0.1) is 7.11 Å². The van der Waals surface area contributed by atoms with Crippen molar-refractivity contribution in [1.29, 1.82) is 0 Å². The third-order valence-corrected chi connectivity index (χ3v) is 5.48. The van der Waals surface area contributed by atoms with Crippen LogP contribution in [-0.2, 0) is 6.54 Å². The molecule has 4 nitrogen and oxygen atoms in total. The lowest BCUT2D eigenvalue weighted by molar-refractivity contribution is 0.324. The number of halogens is 1. The van der Waals surface area contributed by atoms with E-state index in [4.69, 9.17) is 34.3 Å². The first-order valence-corrected chi connectivity index (χ1v) is 9.92. The zero-order valence-electron chi connectivity index (χ0n) is 16.1. The Morgan fingerprint density at radius 1 is 1.22 bits per heavy atom. The van der Waals surface area contributed by atoms with Crippen LogP contribution in [-0.4, -0.2) is 29.7 Å². The Kier molecular flexibility index (Phi) is 8.35. The molecule has 0 aromatic heterocycles. The molecule has 0 fully saturated rings. The zero-order chi connectivity index (χ0) is 19.8. The molecule has 2 aromatic carbocycles. The van der Waals surface area contributed by atoms with Gasteiger partial charge in [-0.25, -0.2) is 0 Å². The first-order chi connectivity index (χ1) is 12.9. The van der Waals surface area contributed by atoms with Gasteiger partial charge in [0.25, 0.3) is 0 Å². The largest absolute Gasteiger partial charge is 0.497 e. The van der Waals surface area contributed by atoms with Gasteiger partial charge < -0.3 is 20.7 Å². The van der Waals surface area contributed by atoms with Crippen molar-refractivity contribution in [1.82, 2.24) is 4.90 Å². The van der Waals surface area contributed by atoms with Gasteiger partial charge in [-0.3, -0.25) is 0 Å². The van der Waals surface area contributed by atoms with E-state index in [1.807, 2.05) is 48.5 Å². The van der Waals surface area contributed by atoms with Crippen molar-refractivity contribution in [3.63, 3.8) is 0 Å². The zero-order valence-corrected chi connectivity index (χ0v) is 17.7. The van der Waals surface area contributed by atoms with E-state index >= 15 is 0 Å². The SMILES string of the molecule is CCC(C)C(N)CN(Cc1ccccc1Cl)C(=S)Nc1ccc(OC)cc1. The minimum absolute atomic E-state index is 0.0214. The average molecular weight is 406 g/mol. The van der Waals surface area contributed by atoms with Crippen LogP contribution in [0.4, 0.5) is 5.69 Å². The molecular weight excluding hydrogens is 378 g/mol. The number of hydrogen-bond acceptors (Lipinski definition) is 3. The number of rotatable bonds is 8. The Labute approximate surface area is 172 Å². The number of methoxy groups -OCH3 is 1. The highest BCUT2D eigenvalue weighted by Crippen LogP contribution is 2.20. The normalized spacial score (nSPS) is 12.9. The van der Waals surface area contributed by atoms with Crippen LogP contribution in [0.25, 0.3) is 0 Å². The molecule has 0 amide bonds. The summed E-state index contributed by atoms with van der Waals surface area (Å²) >= 11 is 12.0. The van der Waals surface area contributed by atoms with Crippen molar-refractivity contribution >= 4 is 34.6 Å². The number of nitrogens with one attached hydrogen (secondary N) is 1. The first kappa shape index (κ1) is 21.5. The number of thiocarbonyl (C=S) groups is 1. The summed E-state index contributed by atoms with van der Waals surface area (Å²) in [6.07, 6.45) is 1.03. The molecule has 0 saturated carbocycles. The van der Waals surface area contributed by atoms with E-state index in [1.54, 1.807) is 7.11 Å². The number of hydrogen-bond donors (Lipinski definition) is 2. The summed E-state index contributed by atoms with van der Waals surface area (Å²) in [5.41, 5.74) is 8.34. The third kappa shape index (κ3) is 6.38. The van der Waals surface area contributed by atoms with Crippen LogP contribution >= 0.6 is 23.8 Å². The van der Waals surface area contributed by atoms with Gasteiger partial charge in [0, 0.05) is 29.8 Å². The minimum Gasteiger partial charge on any atom is -0.497 e. The van der Waals surface area contributed by atoms with Gasteiger partial charge in [-0.2, -0.15) is 0 Å². The van der Waals surface area contributed by atoms with Crippen LogP contribution in [0.1, 0.15) is 25.8 Å². The Bertz CT molecular complexity index is 738. The molecule has 0 aliphatic carbocycles. The summed E-state index contributed by atoms with van der Waals surface area (Å²) in [5.74, 6) is 1.21. The quantitative estimate of drug-likeness (QED) is 0.610. The van der Waals surface area contributed by atoms with E-state index in [0.29, 0.717) is 24.1 Å². The molecule has 2 aromatic rings. The van der Waals surface area contributed by atoms with E-state index in [0.717, 1.165) is 28.4 Å².